The zero-order valence-electron chi connectivity index (χ0n) is 19.6. The van der Waals surface area contributed by atoms with Crippen molar-refractivity contribution in [1.82, 2.24) is 19.5 Å². The van der Waals surface area contributed by atoms with Gasteiger partial charge in [-0.15, -0.1) is 0 Å². The van der Waals surface area contributed by atoms with Gasteiger partial charge in [0.05, 0.1) is 18.5 Å². The first-order chi connectivity index (χ1) is 15.8. The molecule has 1 amide bonds. The molecule has 1 aliphatic rings. The van der Waals surface area contributed by atoms with E-state index in [1.807, 2.05) is 32.0 Å². The van der Waals surface area contributed by atoms with Gasteiger partial charge in [0.2, 0.25) is 0 Å². The average Bonchev–Trinajstić information content (AvgIpc) is 3.21. The summed E-state index contributed by atoms with van der Waals surface area (Å²) in [5, 5.41) is 7.32. The number of carbonyl (C=O) groups excluding carboxylic acids is 2. The molecule has 0 aliphatic heterocycles. The Morgan fingerprint density at radius 3 is 2.55 bits per heavy atom. The van der Waals surface area contributed by atoms with E-state index in [1.165, 1.54) is 21.3 Å². The minimum Gasteiger partial charge on any atom is -0.461 e. The van der Waals surface area contributed by atoms with Crippen molar-refractivity contribution in [2.24, 2.45) is 5.92 Å². The monoisotopic (exact) mass is 450 g/mol. The third kappa shape index (κ3) is 4.55. The van der Waals surface area contributed by atoms with Gasteiger partial charge in [-0.25, -0.2) is 9.31 Å². The molecule has 2 heterocycles. The fraction of sp³-hybridized carbons (Fsp3) is 0.440. The summed E-state index contributed by atoms with van der Waals surface area (Å²) < 4.78 is 7.74. The highest BCUT2D eigenvalue weighted by Crippen LogP contribution is 2.24. The maximum atomic E-state index is 13.6. The summed E-state index contributed by atoms with van der Waals surface area (Å²) in [5.74, 6) is -0.282. The van der Waals surface area contributed by atoms with Gasteiger partial charge in [-0.2, -0.15) is 5.10 Å². The summed E-state index contributed by atoms with van der Waals surface area (Å²) in [6, 6.07) is 7.19. The molecule has 0 unspecified atom stereocenters. The van der Waals surface area contributed by atoms with Crippen LogP contribution < -0.4 is 10.9 Å². The smallest absolute Gasteiger partial charge is 0.358 e. The Balaban J connectivity index is 1.84. The molecule has 1 aromatic carbocycles. The van der Waals surface area contributed by atoms with Crippen LogP contribution in [0.5, 0.6) is 0 Å². The van der Waals surface area contributed by atoms with E-state index in [0.717, 1.165) is 36.8 Å². The number of esters is 1. The number of nitrogens with one attached hydrogen (secondary N) is 1. The van der Waals surface area contributed by atoms with Gasteiger partial charge in [0.15, 0.2) is 5.69 Å². The van der Waals surface area contributed by atoms with E-state index in [4.69, 9.17) is 4.74 Å². The van der Waals surface area contributed by atoms with E-state index < -0.39 is 11.5 Å². The first-order valence-corrected chi connectivity index (χ1v) is 11.5. The van der Waals surface area contributed by atoms with Gasteiger partial charge in [-0.05, 0) is 64.0 Å². The lowest BCUT2D eigenvalue weighted by Crippen LogP contribution is -2.40. The zero-order valence-corrected chi connectivity index (χ0v) is 19.6. The predicted molar refractivity (Wildman–Crippen MR) is 125 cm³/mol. The maximum absolute atomic E-state index is 13.6. The molecule has 33 heavy (non-hydrogen) atoms. The Morgan fingerprint density at radius 2 is 1.88 bits per heavy atom. The van der Waals surface area contributed by atoms with Gasteiger partial charge in [0.25, 0.3) is 11.5 Å². The number of aromatic nitrogens is 3. The molecule has 4 rings (SSSR count). The van der Waals surface area contributed by atoms with Crippen molar-refractivity contribution in [3.05, 3.63) is 63.3 Å². The predicted octanol–water partition coefficient (Wildman–Crippen LogP) is 3.59. The summed E-state index contributed by atoms with van der Waals surface area (Å²) in [6.45, 7) is 8.01. The molecule has 8 heteroatoms. The van der Waals surface area contributed by atoms with Crippen LogP contribution in [0.2, 0.25) is 0 Å². The zero-order chi connectivity index (χ0) is 23.7. The number of ether oxygens (including phenoxy) is 1. The molecule has 0 atom stereocenters. The van der Waals surface area contributed by atoms with Crippen LogP contribution in [0.3, 0.4) is 0 Å². The normalized spacial score (nSPS) is 18.3. The van der Waals surface area contributed by atoms with E-state index in [9.17, 15) is 14.4 Å². The van der Waals surface area contributed by atoms with Crippen molar-refractivity contribution in [3.63, 3.8) is 0 Å². The number of rotatable bonds is 5. The van der Waals surface area contributed by atoms with E-state index in [2.05, 4.69) is 17.3 Å². The summed E-state index contributed by atoms with van der Waals surface area (Å²) in [7, 11) is 0. The van der Waals surface area contributed by atoms with Crippen LogP contribution in [0.25, 0.3) is 11.2 Å². The molecular formula is C25H30N4O4. The second kappa shape index (κ2) is 9.21. The van der Waals surface area contributed by atoms with Crippen LogP contribution in [0.4, 0.5) is 0 Å². The van der Waals surface area contributed by atoms with Crippen molar-refractivity contribution >= 4 is 17.4 Å². The molecule has 0 radical (unpaired) electrons. The Bertz CT molecular complexity index is 1270. The molecule has 1 fully saturated rings. The summed E-state index contributed by atoms with van der Waals surface area (Å²) in [4.78, 5) is 39.2. The maximum Gasteiger partial charge on any atom is 0.358 e. The van der Waals surface area contributed by atoms with Crippen LogP contribution in [0, 0.1) is 19.8 Å². The molecule has 0 bridgehead atoms. The first-order valence-electron chi connectivity index (χ1n) is 11.5. The second-order valence-corrected chi connectivity index (χ2v) is 8.95. The van der Waals surface area contributed by atoms with Gasteiger partial charge in [0.1, 0.15) is 11.2 Å². The molecule has 1 aliphatic carbocycles. The van der Waals surface area contributed by atoms with Crippen molar-refractivity contribution in [1.29, 1.82) is 0 Å². The van der Waals surface area contributed by atoms with Crippen LogP contribution in [-0.4, -0.2) is 38.7 Å². The lowest BCUT2D eigenvalue weighted by atomic mass is 9.87. The third-order valence-corrected chi connectivity index (χ3v) is 6.30. The first kappa shape index (κ1) is 22.8. The van der Waals surface area contributed by atoms with Gasteiger partial charge < -0.3 is 10.1 Å². The number of nitrogens with zero attached hydrogens (tertiary/aromatic N) is 3. The van der Waals surface area contributed by atoms with Gasteiger partial charge in [-0.1, -0.05) is 24.6 Å². The molecule has 1 N–H and O–H groups in total. The highest BCUT2D eigenvalue weighted by Gasteiger charge is 2.25. The number of hydrogen-bond donors (Lipinski definition) is 1. The Morgan fingerprint density at radius 1 is 1.15 bits per heavy atom. The molecular weight excluding hydrogens is 420 g/mol. The van der Waals surface area contributed by atoms with Crippen molar-refractivity contribution < 1.29 is 14.3 Å². The Kier molecular flexibility index (Phi) is 6.35. The standard InChI is InChI=1S/C25H30N4O4/c1-5-33-25(32)19-13-21-24(31)29(20-11-8-16(3)12-17(20)4)22(14-28(21)27-19)23(30)26-18-9-6-15(2)7-10-18/h8,11-15,18H,5-7,9-10H2,1-4H3,(H,26,30). The molecule has 0 spiro atoms. The molecule has 8 nitrogen and oxygen atoms in total. The molecule has 2 aromatic heterocycles. The van der Waals surface area contributed by atoms with Crippen LogP contribution in [-0.2, 0) is 4.74 Å². The van der Waals surface area contributed by atoms with E-state index in [0.29, 0.717) is 11.6 Å². The average molecular weight is 451 g/mol. The van der Waals surface area contributed by atoms with Crippen molar-refractivity contribution in [2.45, 2.75) is 59.4 Å². The third-order valence-electron chi connectivity index (χ3n) is 6.30. The topological polar surface area (TPSA) is 94.7 Å². The van der Waals surface area contributed by atoms with E-state index in [-0.39, 0.29) is 35.5 Å². The number of fused-ring (bicyclic) bond motifs is 1. The summed E-state index contributed by atoms with van der Waals surface area (Å²) >= 11 is 0. The lowest BCUT2D eigenvalue weighted by Gasteiger charge is -2.27. The number of hydrogen-bond acceptors (Lipinski definition) is 5. The minimum atomic E-state index is -0.610. The summed E-state index contributed by atoms with van der Waals surface area (Å²) in [5.41, 5.74) is 2.52. The summed E-state index contributed by atoms with van der Waals surface area (Å²) in [6.07, 6.45) is 5.47. The van der Waals surface area contributed by atoms with Gasteiger partial charge in [0, 0.05) is 12.1 Å². The Labute approximate surface area is 192 Å². The fourth-order valence-corrected chi connectivity index (χ4v) is 4.47. The molecule has 3 aromatic rings. The van der Waals surface area contributed by atoms with Crippen LogP contribution >= 0.6 is 0 Å². The number of aryl methyl sites for hydroxylation is 2. The van der Waals surface area contributed by atoms with Crippen LogP contribution in [0.1, 0.15) is 71.6 Å². The number of benzene rings is 1. The minimum absolute atomic E-state index is 0.0277. The lowest BCUT2D eigenvalue weighted by molar-refractivity contribution is 0.0519. The highest BCUT2D eigenvalue weighted by molar-refractivity contribution is 5.94. The van der Waals surface area contributed by atoms with Crippen molar-refractivity contribution in [2.75, 3.05) is 6.61 Å². The SMILES string of the molecule is CCOC(=O)c1cc2c(=O)n(-c3ccc(C)cc3C)c(C(=O)NC3CCC(C)CC3)cn2n1. The number of carbonyl (C=O) groups is 2. The van der Waals surface area contributed by atoms with E-state index >= 15 is 0 Å². The van der Waals surface area contributed by atoms with Gasteiger partial charge >= 0.3 is 5.97 Å². The largest absolute Gasteiger partial charge is 0.461 e. The number of amides is 1. The van der Waals surface area contributed by atoms with Crippen molar-refractivity contribution in [3.8, 4) is 5.69 Å². The Hall–Kier alpha value is -3.42. The highest BCUT2D eigenvalue weighted by atomic mass is 16.5. The fourth-order valence-electron chi connectivity index (χ4n) is 4.47. The van der Waals surface area contributed by atoms with E-state index in [1.54, 1.807) is 6.92 Å². The molecule has 174 valence electrons. The van der Waals surface area contributed by atoms with Crippen LogP contribution in [0.15, 0.2) is 35.3 Å². The quantitative estimate of drug-likeness (QED) is 0.600. The molecule has 0 saturated heterocycles. The second-order valence-electron chi connectivity index (χ2n) is 8.95. The molecule has 1 saturated carbocycles. The van der Waals surface area contributed by atoms with Gasteiger partial charge in [-0.3, -0.25) is 14.2 Å².